The maximum absolute atomic E-state index is 13.5. The molecule has 1 heterocycles. The molecular formula is C24H37Cl2N5O2S. The number of carbonyl (C=O) groups is 2. The molecular weight excluding hydrogens is 493 g/mol. The molecule has 10 heteroatoms. The van der Waals surface area contributed by atoms with Crippen molar-refractivity contribution < 1.29 is 9.59 Å². The monoisotopic (exact) mass is 529 g/mol. The SMILES string of the molecule is CN[C@H](CC1CCCCC1)C(=O)N1CC[C@@H]2C[C@@]21C(=O)NCc1ccc(NC(N)=S)cc1.Cl.Cl. The zero-order valence-electron chi connectivity index (χ0n) is 19.7. The summed E-state index contributed by atoms with van der Waals surface area (Å²) in [5.41, 5.74) is 6.66. The van der Waals surface area contributed by atoms with Crippen LogP contribution in [0.5, 0.6) is 0 Å². The number of likely N-dealkylation sites (N-methyl/N-ethyl adjacent to an activating group) is 1. The number of hydrogen-bond acceptors (Lipinski definition) is 4. The first-order chi connectivity index (χ1) is 15.4. The van der Waals surface area contributed by atoms with Crippen LogP contribution < -0.4 is 21.7 Å². The zero-order valence-corrected chi connectivity index (χ0v) is 22.1. The molecule has 3 atom stereocenters. The highest BCUT2D eigenvalue weighted by Gasteiger charge is 2.68. The first-order valence-electron chi connectivity index (χ1n) is 11.9. The van der Waals surface area contributed by atoms with E-state index in [1.165, 1.54) is 32.1 Å². The Labute approximate surface area is 220 Å². The van der Waals surface area contributed by atoms with Crippen LogP contribution in [-0.2, 0) is 16.1 Å². The van der Waals surface area contributed by atoms with Crippen molar-refractivity contribution in [2.45, 2.75) is 69.5 Å². The summed E-state index contributed by atoms with van der Waals surface area (Å²) in [7, 11) is 1.87. The molecule has 2 aliphatic carbocycles. The number of amides is 2. The number of halogens is 2. The molecule has 0 bridgehead atoms. The number of rotatable bonds is 8. The Kier molecular flexibility index (Phi) is 10.4. The van der Waals surface area contributed by atoms with Gasteiger partial charge in [-0.1, -0.05) is 44.2 Å². The highest BCUT2D eigenvalue weighted by atomic mass is 35.5. The summed E-state index contributed by atoms with van der Waals surface area (Å²) in [4.78, 5) is 28.6. The van der Waals surface area contributed by atoms with Gasteiger partial charge in [-0.15, -0.1) is 24.8 Å². The minimum absolute atomic E-state index is 0. The molecule has 0 spiro atoms. The summed E-state index contributed by atoms with van der Waals surface area (Å²) < 4.78 is 0. The standard InChI is InChI=1S/C24H35N5O2S.2ClH/c1-26-20(13-16-5-3-2-4-6-16)21(30)29-12-11-18-14-24(18,29)22(31)27-15-17-7-9-19(10-8-17)28-23(25)32;;/h7-10,16,18,20,26H,2-6,11-15H2,1H3,(H,27,31)(H3,25,28,32);2*1H/t18-,20-,24+;;/m1../s1. The first kappa shape index (κ1) is 28.6. The number of nitrogens with two attached hydrogens (primary N) is 1. The normalized spacial score (nSPS) is 24.1. The molecule has 5 N–H and O–H groups in total. The predicted octanol–water partition coefficient (Wildman–Crippen LogP) is 3.35. The van der Waals surface area contributed by atoms with Gasteiger partial charge in [0.15, 0.2) is 5.11 Å². The number of nitrogens with zero attached hydrogens (tertiary/aromatic N) is 1. The molecule has 2 amide bonds. The van der Waals surface area contributed by atoms with Gasteiger partial charge in [-0.2, -0.15) is 0 Å². The number of thiocarbonyl (C=S) groups is 1. The quantitative estimate of drug-likeness (QED) is 0.385. The Morgan fingerprint density at radius 2 is 1.82 bits per heavy atom. The van der Waals surface area contributed by atoms with Crippen LogP contribution in [0.1, 0.15) is 56.9 Å². The molecule has 2 saturated carbocycles. The second-order valence-corrected chi connectivity index (χ2v) is 9.99. The molecule has 190 valence electrons. The van der Waals surface area contributed by atoms with Gasteiger partial charge < -0.3 is 26.6 Å². The molecule has 0 unspecified atom stereocenters. The third-order valence-electron chi connectivity index (χ3n) is 7.53. The second-order valence-electron chi connectivity index (χ2n) is 9.55. The van der Waals surface area contributed by atoms with Crippen LogP contribution in [0.15, 0.2) is 24.3 Å². The molecule has 3 aliphatic rings. The largest absolute Gasteiger partial charge is 0.376 e. The summed E-state index contributed by atoms with van der Waals surface area (Å²) in [5.74, 6) is 0.974. The molecule has 4 rings (SSSR count). The Balaban J connectivity index is 0.00000204. The van der Waals surface area contributed by atoms with Gasteiger partial charge in [0.05, 0.1) is 6.04 Å². The second kappa shape index (κ2) is 12.4. The van der Waals surface area contributed by atoms with E-state index >= 15 is 0 Å². The topological polar surface area (TPSA) is 99.5 Å². The van der Waals surface area contributed by atoms with E-state index in [1.54, 1.807) is 0 Å². The van der Waals surface area contributed by atoms with Crippen molar-refractivity contribution in [1.29, 1.82) is 0 Å². The number of likely N-dealkylation sites (tertiary alicyclic amines) is 1. The molecule has 7 nitrogen and oxygen atoms in total. The van der Waals surface area contributed by atoms with Crippen molar-refractivity contribution in [2.24, 2.45) is 17.6 Å². The fraction of sp³-hybridized carbons (Fsp3) is 0.625. The zero-order chi connectivity index (χ0) is 22.7. The minimum atomic E-state index is -0.647. The van der Waals surface area contributed by atoms with Crippen molar-refractivity contribution in [2.75, 3.05) is 18.9 Å². The molecule has 1 aromatic rings. The van der Waals surface area contributed by atoms with E-state index in [4.69, 9.17) is 18.0 Å². The van der Waals surface area contributed by atoms with Gasteiger partial charge in [-0.25, -0.2) is 0 Å². The summed E-state index contributed by atoms with van der Waals surface area (Å²) in [5, 5.41) is 9.44. The number of piperidine rings is 1. The maximum Gasteiger partial charge on any atom is 0.246 e. The van der Waals surface area contributed by atoms with Gasteiger partial charge in [0.1, 0.15) is 5.54 Å². The Morgan fingerprint density at radius 1 is 1.15 bits per heavy atom. The lowest BCUT2D eigenvalue weighted by molar-refractivity contribution is -0.142. The van der Waals surface area contributed by atoms with E-state index in [0.717, 1.165) is 30.5 Å². The smallest absolute Gasteiger partial charge is 0.246 e. The van der Waals surface area contributed by atoms with Gasteiger partial charge in [-0.05, 0) is 68.1 Å². The molecule has 3 fully saturated rings. The van der Waals surface area contributed by atoms with Gasteiger partial charge in [0.2, 0.25) is 11.8 Å². The van der Waals surface area contributed by atoms with Crippen molar-refractivity contribution in [3.05, 3.63) is 29.8 Å². The number of hydrogen-bond donors (Lipinski definition) is 4. The summed E-state index contributed by atoms with van der Waals surface area (Å²) in [6.45, 7) is 1.11. The number of nitrogens with one attached hydrogen (secondary N) is 3. The van der Waals surface area contributed by atoms with Crippen LogP contribution in [0.4, 0.5) is 5.69 Å². The molecule has 1 aromatic carbocycles. The van der Waals surface area contributed by atoms with Crippen LogP contribution in [0.2, 0.25) is 0 Å². The maximum atomic E-state index is 13.5. The summed E-state index contributed by atoms with van der Waals surface area (Å²) in [6, 6.07) is 7.43. The van der Waals surface area contributed by atoms with E-state index < -0.39 is 5.54 Å². The van der Waals surface area contributed by atoms with Crippen molar-refractivity contribution in [3.8, 4) is 0 Å². The van der Waals surface area contributed by atoms with Crippen molar-refractivity contribution in [1.82, 2.24) is 15.5 Å². The van der Waals surface area contributed by atoms with Crippen LogP contribution in [0.3, 0.4) is 0 Å². The van der Waals surface area contributed by atoms with Crippen LogP contribution >= 0.6 is 37.0 Å². The van der Waals surface area contributed by atoms with E-state index in [2.05, 4.69) is 16.0 Å². The van der Waals surface area contributed by atoms with E-state index in [1.807, 2.05) is 36.2 Å². The fourth-order valence-electron chi connectivity index (χ4n) is 5.65. The van der Waals surface area contributed by atoms with Gasteiger partial charge in [0.25, 0.3) is 0 Å². The minimum Gasteiger partial charge on any atom is -0.376 e. The molecule has 1 saturated heterocycles. The third-order valence-corrected chi connectivity index (χ3v) is 7.63. The highest BCUT2D eigenvalue weighted by molar-refractivity contribution is 7.80. The van der Waals surface area contributed by atoms with Crippen molar-refractivity contribution >= 4 is 59.6 Å². The lowest BCUT2D eigenvalue weighted by Gasteiger charge is -2.33. The van der Waals surface area contributed by atoms with Crippen molar-refractivity contribution in [3.63, 3.8) is 0 Å². The molecule has 34 heavy (non-hydrogen) atoms. The van der Waals surface area contributed by atoms with Crippen LogP contribution in [-0.4, -0.2) is 47.0 Å². The lowest BCUT2D eigenvalue weighted by Crippen LogP contribution is -2.55. The Bertz CT molecular complexity index is 865. The molecule has 0 radical (unpaired) electrons. The third kappa shape index (κ3) is 6.14. The molecule has 0 aromatic heterocycles. The number of carbonyl (C=O) groups excluding carboxylic acids is 2. The molecule has 1 aliphatic heterocycles. The fourth-order valence-corrected chi connectivity index (χ4v) is 5.77. The van der Waals surface area contributed by atoms with Crippen LogP contribution in [0.25, 0.3) is 0 Å². The Morgan fingerprint density at radius 3 is 2.41 bits per heavy atom. The first-order valence-corrected chi connectivity index (χ1v) is 12.3. The number of fused-ring (bicyclic) bond motifs is 1. The predicted molar refractivity (Wildman–Crippen MR) is 144 cm³/mol. The van der Waals surface area contributed by atoms with E-state index in [-0.39, 0.29) is 53.7 Å². The van der Waals surface area contributed by atoms with E-state index in [0.29, 0.717) is 19.0 Å². The lowest BCUT2D eigenvalue weighted by atomic mass is 9.84. The van der Waals surface area contributed by atoms with Gasteiger partial charge in [-0.3, -0.25) is 9.59 Å². The average molecular weight is 531 g/mol. The average Bonchev–Trinajstić information content (AvgIpc) is 3.41. The summed E-state index contributed by atoms with van der Waals surface area (Å²) in [6.07, 6.45) is 8.84. The van der Waals surface area contributed by atoms with Gasteiger partial charge >= 0.3 is 0 Å². The Hall–Kier alpha value is -1.61. The number of benzene rings is 1. The van der Waals surface area contributed by atoms with E-state index in [9.17, 15) is 9.59 Å². The summed E-state index contributed by atoms with van der Waals surface area (Å²) >= 11 is 4.85. The van der Waals surface area contributed by atoms with Crippen LogP contribution in [0, 0.1) is 11.8 Å². The number of anilines is 1. The van der Waals surface area contributed by atoms with Gasteiger partial charge in [0, 0.05) is 18.8 Å². The highest BCUT2D eigenvalue weighted by Crippen LogP contribution is 2.56.